The van der Waals surface area contributed by atoms with Crippen LogP contribution in [0.2, 0.25) is 5.02 Å². The Kier molecular flexibility index (Phi) is 3.74. The molecule has 1 aromatic rings. The Morgan fingerprint density at radius 1 is 1.41 bits per heavy atom. The van der Waals surface area contributed by atoms with Gasteiger partial charge in [0.05, 0.1) is 7.11 Å². The first-order valence-electron chi connectivity index (χ1n) is 5.94. The van der Waals surface area contributed by atoms with E-state index < -0.39 is 0 Å². The van der Waals surface area contributed by atoms with Crippen molar-refractivity contribution in [3.05, 3.63) is 28.3 Å². The fourth-order valence-corrected chi connectivity index (χ4v) is 4.40. The molecule has 3 heteroatoms. The quantitative estimate of drug-likeness (QED) is 0.514. The van der Waals surface area contributed by atoms with Crippen LogP contribution in [-0.2, 0) is 6.42 Å². The molecule has 0 aliphatic heterocycles. The van der Waals surface area contributed by atoms with Crippen molar-refractivity contribution in [2.75, 3.05) is 7.11 Å². The molecular weight excluding hydrogens is 300 g/mol. The van der Waals surface area contributed by atoms with Gasteiger partial charge in [-0.25, -0.2) is 0 Å². The fourth-order valence-electron chi connectivity index (χ4n) is 2.56. The Hall–Kier alpha value is -0.210. The van der Waals surface area contributed by atoms with Gasteiger partial charge >= 0.3 is 0 Å². The molecule has 0 heterocycles. The lowest BCUT2D eigenvalue weighted by Gasteiger charge is -2.24. The topological polar surface area (TPSA) is 9.23 Å². The Bertz CT molecular complexity index is 428. The Morgan fingerprint density at radius 3 is 2.76 bits per heavy atom. The van der Waals surface area contributed by atoms with Crippen LogP contribution in [0.15, 0.2) is 12.1 Å². The van der Waals surface area contributed by atoms with Crippen molar-refractivity contribution in [2.24, 2.45) is 5.41 Å². The highest BCUT2D eigenvalue weighted by Crippen LogP contribution is 2.48. The molecule has 0 saturated heterocycles. The lowest BCUT2D eigenvalue weighted by Crippen LogP contribution is -2.11. The average molecular weight is 318 g/mol. The molecular formula is C14H18BrClO. The molecule has 1 unspecified atom stereocenters. The maximum absolute atomic E-state index is 6.35. The van der Waals surface area contributed by atoms with Crippen molar-refractivity contribution in [2.45, 2.75) is 37.9 Å². The minimum Gasteiger partial charge on any atom is -0.496 e. The predicted octanol–water partition coefficient (Wildman–Crippen LogP) is 5.15. The van der Waals surface area contributed by atoms with Gasteiger partial charge in [0, 0.05) is 9.85 Å². The summed E-state index contributed by atoms with van der Waals surface area (Å²) >= 11 is 10.1. The number of benzene rings is 1. The second kappa shape index (κ2) is 4.81. The molecule has 1 nitrogen and oxygen atoms in total. The highest BCUT2D eigenvalue weighted by atomic mass is 79.9. The first-order chi connectivity index (χ1) is 7.94. The van der Waals surface area contributed by atoms with Gasteiger partial charge < -0.3 is 4.74 Å². The molecule has 1 atom stereocenters. The van der Waals surface area contributed by atoms with E-state index in [2.05, 4.69) is 29.8 Å². The first kappa shape index (κ1) is 13.2. The molecule has 1 aromatic carbocycles. The summed E-state index contributed by atoms with van der Waals surface area (Å²) in [5, 5.41) is 0.848. The summed E-state index contributed by atoms with van der Waals surface area (Å²) in [6.45, 7) is 4.63. The van der Waals surface area contributed by atoms with Gasteiger partial charge in [-0.15, -0.1) is 0 Å². The van der Waals surface area contributed by atoms with Crippen LogP contribution in [0.3, 0.4) is 0 Å². The van der Waals surface area contributed by atoms with Gasteiger partial charge in [-0.2, -0.15) is 0 Å². The molecule has 0 aromatic heterocycles. The zero-order chi connectivity index (χ0) is 12.6. The van der Waals surface area contributed by atoms with Crippen molar-refractivity contribution in [1.29, 1.82) is 0 Å². The maximum Gasteiger partial charge on any atom is 0.122 e. The van der Waals surface area contributed by atoms with E-state index in [1.807, 2.05) is 12.1 Å². The average Bonchev–Trinajstić information content (AvgIpc) is 2.36. The number of halogens is 2. The molecule has 0 spiro atoms. The van der Waals surface area contributed by atoms with Crippen LogP contribution in [-0.4, -0.2) is 7.11 Å². The van der Waals surface area contributed by atoms with Crippen LogP contribution < -0.4 is 4.74 Å². The summed E-state index contributed by atoms with van der Waals surface area (Å²) in [6.07, 6.45) is 3.31. The third kappa shape index (κ3) is 2.63. The van der Waals surface area contributed by atoms with Crippen LogP contribution >= 0.6 is 27.5 Å². The summed E-state index contributed by atoms with van der Waals surface area (Å²) in [5.74, 6) is 0.964. The number of methoxy groups -OCH3 is 1. The van der Waals surface area contributed by atoms with E-state index in [0.29, 0.717) is 10.2 Å². The Balaban J connectivity index is 2.53. The number of alkyl halides is 1. The monoisotopic (exact) mass is 316 g/mol. The van der Waals surface area contributed by atoms with Gasteiger partial charge in [0.1, 0.15) is 5.75 Å². The van der Waals surface area contributed by atoms with E-state index in [-0.39, 0.29) is 0 Å². The maximum atomic E-state index is 6.35. The van der Waals surface area contributed by atoms with Gasteiger partial charge in [0.25, 0.3) is 0 Å². The third-order valence-corrected chi connectivity index (χ3v) is 4.69. The van der Waals surface area contributed by atoms with Crippen LogP contribution in [0.4, 0.5) is 0 Å². The van der Waals surface area contributed by atoms with Crippen LogP contribution in [0.25, 0.3) is 0 Å². The van der Waals surface area contributed by atoms with Crippen LogP contribution in [0.1, 0.15) is 42.6 Å². The molecule has 0 amide bonds. The molecule has 0 saturated carbocycles. The highest BCUT2D eigenvalue weighted by Gasteiger charge is 2.31. The molecule has 0 radical (unpaired) electrons. The standard InChI is InChI=1S/C14H18BrClO/c1-14(2)7-6-9-12(17-3)5-4-11(16)13(9)10(15)8-14/h4-5,10H,6-8H2,1-3H3. The fraction of sp³-hybridized carbons (Fsp3) is 0.571. The first-order valence-corrected chi connectivity index (χ1v) is 7.23. The van der Waals surface area contributed by atoms with Gasteiger partial charge in [0.15, 0.2) is 0 Å². The number of ether oxygens (including phenoxy) is 1. The van der Waals surface area contributed by atoms with Crippen molar-refractivity contribution < 1.29 is 4.74 Å². The molecule has 0 N–H and O–H groups in total. The second-order valence-corrected chi connectivity index (χ2v) is 6.99. The van der Waals surface area contributed by atoms with Crippen LogP contribution in [0.5, 0.6) is 5.75 Å². The molecule has 17 heavy (non-hydrogen) atoms. The van der Waals surface area contributed by atoms with E-state index in [4.69, 9.17) is 16.3 Å². The molecule has 1 aliphatic rings. The number of hydrogen-bond acceptors (Lipinski definition) is 1. The van der Waals surface area contributed by atoms with Crippen LogP contribution in [0, 0.1) is 5.41 Å². The van der Waals surface area contributed by atoms with E-state index in [1.165, 1.54) is 17.5 Å². The zero-order valence-corrected chi connectivity index (χ0v) is 12.9. The highest BCUT2D eigenvalue weighted by molar-refractivity contribution is 9.09. The van der Waals surface area contributed by atoms with E-state index >= 15 is 0 Å². The minimum absolute atomic E-state index is 0.317. The third-order valence-electron chi connectivity index (χ3n) is 3.58. The van der Waals surface area contributed by atoms with Gasteiger partial charge in [-0.05, 0) is 47.9 Å². The second-order valence-electron chi connectivity index (χ2n) is 5.48. The van der Waals surface area contributed by atoms with Gasteiger partial charge in [-0.1, -0.05) is 41.4 Å². The summed E-state index contributed by atoms with van der Waals surface area (Å²) in [4.78, 5) is 0.317. The number of hydrogen-bond donors (Lipinski definition) is 0. The number of fused-ring (bicyclic) bond motifs is 1. The van der Waals surface area contributed by atoms with Gasteiger partial charge in [0.2, 0.25) is 0 Å². The Labute approximate surface area is 117 Å². The normalized spacial score (nSPS) is 22.8. The summed E-state index contributed by atoms with van der Waals surface area (Å²) in [7, 11) is 1.72. The van der Waals surface area contributed by atoms with Crippen molar-refractivity contribution in [3.8, 4) is 5.75 Å². The molecule has 2 rings (SSSR count). The van der Waals surface area contributed by atoms with Crippen molar-refractivity contribution >= 4 is 27.5 Å². The largest absolute Gasteiger partial charge is 0.496 e. The van der Waals surface area contributed by atoms with Crippen molar-refractivity contribution in [3.63, 3.8) is 0 Å². The predicted molar refractivity (Wildman–Crippen MR) is 76.4 cm³/mol. The summed E-state index contributed by atoms with van der Waals surface area (Å²) in [6, 6.07) is 3.91. The Morgan fingerprint density at radius 2 is 2.12 bits per heavy atom. The zero-order valence-electron chi connectivity index (χ0n) is 10.5. The lowest BCUT2D eigenvalue weighted by molar-refractivity contribution is 0.315. The smallest absolute Gasteiger partial charge is 0.122 e. The minimum atomic E-state index is 0.317. The summed E-state index contributed by atoms with van der Waals surface area (Å²) < 4.78 is 5.46. The van der Waals surface area contributed by atoms with Crippen molar-refractivity contribution in [1.82, 2.24) is 0 Å². The summed E-state index contributed by atoms with van der Waals surface area (Å²) in [5.41, 5.74) is 2.82. The molecule has 1 aliphatic carbocycles. The van der Waals surface area contributed by atoms with E-state index in [0.717, 1.165) is 23.6 Å². The molecule has 94 valence electrons. The SMILES string of the molecule is COc1ccc(Cl)c2c1CCC(C)(C)CC2Br. The number of rotatable bonds is 1. The van der Waals surface area contributed by atoms with Gasteiger partial charge in [-0.3, -0.25) is 0 Å². The molecule has 0 fully saturated rings. The van der Waals surface area contributed by atoms with E-state index in [9.17, 15) is 0 Å². The van der Waals surface area contributed by atoms with E-state index in [1.54, 1.807) is 7.11 Å². The molecule has 0 bridgehead atoms. The lowest BCUT2D eigenvalue weighted by atomic mass is 9.84.